The van der Waals surface area contributed by atoms with Crippen molar-refractivity contribution in [2.45, 2.75) is 19.4 Å². The second-order valence-corrected chi connectivity index (χ2v) is 7.64. The van der Waals surface area contributed by atoms with Gasteiger partial charge in [-0.15, -0.1) is 10.2 Å². The summed E-state index contributed by atoms with van der Waals surface area (Å²) >= 11 is 6.08. The second-order valence-electron chi connectivity index (χ2n) is 7.20. The number of methoxy groups -OCH3 is 1. The van der Waals surface area contributed by atoms with E-state index in [1.807, 2.05) is 41.8 Å². The number of carbonyl (C=O) groups excluding carboxylic acids is 1. The van der Waals surface area contributed by atoms with Crippen LogP contribution in [0.2, 0.25) is 5.02 Å². The molecule has 1 amide bonds. The minimum Gasteiger partial charge on any atom is -0.497 e. The first kappa shape index (κ1) is 21.5. The highest BCUT2D eigenvalue weighted by molar-refractivity contribution is 6.30. The van der Waals surface area contributed by atoms with Crippen molar-refractivity contribution in [3.05, 3.63) is 70.3 Å². The summed E-state index contributed by atoms with van der Waals surface area (Å²) in [7, 11) is 1.59. The zero-order chi connectivity index (χ0) is 22.8. The molecular formula is C22H20ClN5O4. The molecule has 1 unspecified atom stereocenters. The van der Waals surface area contributed by atoms with Crippen LogP contribution in [0.4, 0.5) is 0 Å². The fraction of sp³-hybridized carbons (Fsp3) is 0.227. The van der Waals surface area contributed by atoms with Crippen LogP contribution in [0.15, 0.2) is 47.5 Å². The summed E-state index contributed by atoms with van der Waals surface area (Å²) in [5.41, 5.74) is 3.02. The van der Waals surface area contributed by atoms with Crippen LogP contribution < -0.4 is 10.1 Å². The van der Waals surface area contributed by atoms with E-state index in [9.17, 15) is 9.59 Å². The molecule has 1 aliphatic rings. The van der Waals surface area contributed by atoms with E-state index in [2.05, 4.69) is 15.5 Å². The highest BCUT2D eigenvalue weighted by Crippen LogP contribution is 2.34. The third kappa shape index (κ3) is 4.19. The number of aliphatic carboxylic acids is 1. The molecule has 0 saturated heterocycles. The number of carboxylic acids is 1. The monoisotopic (exact) mass is 453 g/mol. The SMILES string of the molecule is COc1ccc2c(c1)C(c1ccc(Cl)cc1)=NC(CC(=O)NCC(=O)O)c1nnc(C)n1-2. The van der Waals surface area contributed by atoms with Gasteiger partial charge in [-0.25, -0.2) is 0 Å². The molecule has 0 radical (unpaired) electrons. The number of carbonyl (C=O) groups is 2. The summed E-state index contributed by atoms with van der Waals surface area (Å²) in [5, 5.41) is 20.3. The van der Waals surface area contributed by atoms with Crippen molar-refractivity contribution in [1.29, 1.82) is 0 Å². The number of nitrogens with one attached hydrogen (secondary N) is 1. The van der Waals surface area contributed by atoms with Gasteiger partial charge in [0.15, 0.2) is 5.82 Å². The summed E-state index contributed by atoms with van der Waals surface area (Å²) < 4.78 is 7.29. The van der Waals surface area contributed by atoms with Crippen LogP contribution in [0.3, 0.4) is 0 Å². The molecule has 9 nitrogen and oxygen atoms in total. The second kappa shape index (κ2) is 8.80. The molecule has 4 rings (SSSR count). The van der Waals surface area contributed by atoms with Gasteiger partial charge >= 0.3 is 5.97 Å². The number of aryl methyl sites for hydroxylation is 1. The molecular weight excluding hydrogens is 434 g/mol. The van der Waals surface area contributed by atoms with Gasteiger partial charge in [-0.3, -0.25) is 19.1 Å². The minimum absolute atomic E-state index is 0.0897. The topological polar surface area (TPSA) is 119 Å². The van der Waals surface area contributed by atoms with Crippen molar-refractivity contribution >= 4 is 29.2 Å². The number of ether oxygens (including phenoxy) is 1. The lowest BCUT2D eigenvalue weighted by atomic mass is 10.00. The molecule has 1 atom stereocenters. The van der Waals surface area contributed by atoms with Gasteiger partial charge in [-0.1, -0.05) is 23.7 Å². The van der Waals surface area contributed by atoms with E-state index < -0.39 is 24.5 Å². The van der Waals surface area contributed by atoms with Crippen LogP contribution in [0.1, 0.15) is 35.2 Å². The van der Waals surface area contributed by atoms with Crippen molar-refractivity contribution in [1.82, 2.24) is 20.1 Å². The maximum Gasteiger partial charge on any atom is 0.322 e. The normalized spacial score (nSPS) is 14.6. The van der Waals surface area contributed by atoms with Crippen LogP contribution >= 0.6 is 11.6 Å². The van der Waals surface area contributed by atoms with Gasteiger partial charge in [0, 0.05) is 16.1 Å². The smallest absolute Gasteiger partial charge is 0.322 e. The van der Waals surface area contributed by atoms with E-state index in [1.54, 1.807) is 19.2 Å². The summed E-state index contributed by atoms with van der Waals surface area (Å²) in [5.74, 6) is 0.198. The molecule has 2 aromatic carbocycles. The van der Waals surface area contributed by atoms with E-state index in [1.165, 1.54) is 0 Å². The van der Waals surface area contributed by atoms with Gasteiger partial charge < -0.3 is 15.2 Å². The van der Waals surface area contributed by atoms with Crippen LogP contribution in [-0.2, 0) is 9.59 Å². The minimum atomic E-state index is -1.12. The number of aliphatic imine (C=N–C) groups is 1. The Bertz CT molecular complexity index is 1220. The zero-order valence-corrected chi connectivity index (χ0v) is 18.1. The number of hydrogen-bond donors (Lipinski definition) is 2. The van der Waals surface area contributed by atoms with Gasteiger partial charge in [-0.2, -0.15) is 0 Å². The summed E-state index contributed by atoms with van der Waals surface area (Å²) in [6, 6.07) is 12.2. The number of benzene rings is 2. The maximum absolute atomic E-state index is 12.5. The van der Waals surface area contributed by atoms with Gasteiger partial charge in [0.05, 0.1) is 24.9 Å². The molecule has 32 heavy (non-hydrogen) atoms. The van der Waals surface area contributed by atoms with Crippen LogP contribution in [0.25, 0.3) is 5.69 Å². The van der Waals surface area contributed by atoms with Crippen molar-refractivity contribution in [2.75, 3.05) is 13.7 Å². The predicted octanol–water partition coefficient (Wildman–Crippen LogP) is 2.72. The first-order valence-electron chi connectivity index (χ1n) is 9.80. The fourth-order valence-electron chi connectivity index (χ4n) is 3.60. The molecule has 0 spiro atoms. The molecule has 0 bridgehead atoms. The molecule has 2 N–H and O–H groups in total. The van der Waals surface area contributed by atoms with Gasteiger partial charge in [0.2, 0.25) is 5.91 Å². The molecule has 2 heterocycles. The van der Waals surface area contributed by atoms with E-state index in [0.29, 0.717) is 28.1 Å². The summed E-state index contributed by atoms with van der Waals surface area (Å²) in [6.07, 6.45) is -0.0897. The molecule has 1 aromatic heterocycles. The standard InChI is InChI=1S/C22H20ClN5O4/c1-12-26-27-22-17(10-19(29)24-11-20(30)31)25-21(13-3-5-14(23)6-4-13)16-9-15(32-2)7-8-18(16)28(12)22/h3-9,17H,10-11H2,1-2H3,(H,24,29)(H,30,31). The number of carboxylic acid groups (broad SMARTS) is 1. The lowest BCUT2D eigenvalue weighted by Gasteiger charge is -2.14. The number of amides is 1. The summed E-state index contributed by atoms with van der Waals surface area (Å²) in [6.45, 7) is 1.35. The van der Waals surface area contributed by atoms with Gasteiger partial charge in [0.25, 0.3) is 0 Å². The Kier molecular flexibility index (Phi) is 5.91. The van der Waals surface area contributed by atoms with E-state index in [-0.39, 0.29) is 6.42 Å². The van der Waals surface area contributed by atoms with Crippen LogP contribution in [0, 0.1) is 6.92 Å². The number of halogens is 1. The molecule has 164 valence electrons. The van der Waals surface area contributed by atoms with Gasteiger partial charge in [-0.05, 0) is 37.3 Å². The first-order valence-corrected chi connectivity index (χ1v) is 10.2. The molecule has 0 aliphatic carbocycles. The Labute approximate surface area is 188 Å². The highest BCUT2D eigenvalue weighted by atomic mass is 35.5. The number of hydrogen-bond acceptors (Lipinski definition) is 6. The zero-order valence-electron chi connectivity index (χ0n) is 17.4. The van der Waals surface area contributed by atoms with Crippen molar-refractivity contribution in [3.63, 3.8) is 0 Å². The van der Waals surface area contributed by atoms with E-state index in [0.717, 1.165) is 16.8 Å². The van der Waals surface area contributed by atoms with Gasteiger partial charge in [0.1, 0.15) is 24.2 Å². The van der Waals surface area contributed by atoms with Crippen molar-refractivity contribution in [3.8, 4) is 11.4 Å². The molecule has 0 fully saturated rings. The van der Waals surface area contributed by atoms with Crippen LogP contribution in [0.5, 0.6) is 5.75 Å². The maximum atomic E-state index is 12.5. The molecule has 3 aromatic rings. The Morgan fingerprint density at radius 2 is 1.94 bits per heavy atom. The van der Waals surface area contributed by atoms with E-state index >= 15 is 0 Å². The number of aromatic nitrogens is 3. The predicted molar refractivity (Wildman–Crippen MR) is 118 cm³/mol. The summed E-state index contributed by atoms with van der Waals surface area (Å²) in [4.78, 5) is 28.2. The highest BCUT2D eigenvalue weighted by Gasteiger charge is 2.30. The number of nitrogens with zero attached hydrogens (tertiary/aromatic N) is 4. The molecule has 1 aliphatic heterocycles. The third-order valence-corrected chi connectivity index (χ3v) is 5.32. The average Bonchev–Trinajstić information content (AvgIpc) is 3.10. The Morgan fingerprint density at radius 1 is 1.19 bits per heavy atom. The number of fused-ring (bicyclic) bond motifs is 3. The Hall–Kier alpha value is -3.72. The fourth-order valence-corrected chi connectivity index (χ4v) is 3.72. The molecule has 0 saturated carbocycles. The number of rotatable bonds is 6. The average molecular weight is 454 g/mol. The Morgan fingerprint density at radius 3 is 2.62 bits per heavy atom. The largest absolute Gasteiger partial charge is 0.497 e. The Balaban J connectivity index is 1.88. The van der Waals surface area contributed by atoms with Crippen molar-refractivity contribution < 1.29 is 19.4 Å². The lowest BCUT2D eigenvalue weighted by Crippen LogP contribution is -2.30. The molecule has 10 heteroatoms. The van der Waals surface area contributed by atoms with Crippen molar-refractivity contribution in [2.24, 2.45) is 4.99 Å². The van der Waals surface area contributed by atoms with E-state index in [4.69, 9.17) is 26.4 Å². The quantitative estimate of drug-likeness (QED) is 0.592. The van der Waals surface area contributed by atoms with Crippen LogP contribution in [-0.4, -0.2) is 51.1 Å². The first-order chi connectivity index (χ1) is 15.4. The lowest BCUT2D eigenvalue weighted by molar-refractivity contribution is -0.138. The third-order valence-electron chi connectivity index (χ3n) is 5.07.